The normalized spacial score (nSPS) is 35.2. The third-order valence-corrected chi connectivity index (χ3v) is 8.45. The van der Waals surface area contributed by atoms with Crippen LogP contribution < -0.4 is 0 Å². The molecule has 184 valence electrons. The van der Waals surface area contributed by atoms with Crippen LogP contribution in [0.4, 0.5) is 0 Å². The molecule has 4 nitrogen and oxygen atoms in total. The minimum Gasteiger partial charge on any atom is -0.306 e. The van der Waals surface area contributed by atoms with Crippen molar-refractivity contribution in [2.75, 3.05) is 80.5 Å². The first-order valence-electron chi connectivity index (χ1n) is 13.4. The van der Waals surface area contributed by atoms with Gasteiger partial charge in [-0.25, -0.2) is 0 Å². The van der Waals surface area contributed by atoms with Gasteiger partial charge in [0.05, 0.1) is 0 Å². The Kier molecular flexibility index (Phi) is 11.8. The molecule has 0 aromatic heterocycles. The molecule has 5 aliphatic rings. The lowest BCUT2D eigenvalue weighted by Gasteiger charge is -2.26. The number of piperidine rings is 3. The molecule has 3 atom stereocenters. The number of likely N-dealkylation sites (tertiary alicyclic amines) is 4. The van der Waals surface area contributed by atoms with E-state index in [4.69, 9.17) is 0 Å². The van der Waals surface area contributed by atoms with E-state index in [1.165, 1.54) is 84.5 Å². The van der Waals surface area contributed by atoms with E-state index in [0.29, 0.717) is 0 Å². The van der Waals surface area contributed by atoms with Crippen molar-refractivity contribution >= 4 is 0 Å². The predicted octanol–water partition coefficient (Wildman–Crippen LogP) is 4.47. The van der Waals surface area contributed by atoms with Gasteiger partial charge in [0.15, 0.2) is 0 Å². The fourth-order valence-electron chi connectivity index (χ4n) is 5.47. The number of rotatable bonds is 0. The second-order valence-corrected chi connectivity index (χ2v) is 12.0. The molecule has 1 saturated carbocycles. The topological polar surface area (TPSA) is 13.0 Å². The third-order valence-electron chi connectivity index (χ3n) is 8.45. The van der Waals surface area contributed by atoms with Crippen LogP contribution in [-0.4, -0.2) is 100 Å². The van der Waals surface area contributed by atoms with Crippen LogP contribution in [-0.2, 0) is 0 Å². The van der Waals surface area contributed by atoms with Gasteiger partial charge in [0.2, 0.25) is 0 Å². The molecular weight excluding hydrogens is 380 g/mol. The molecular formula is C27H56N4. The smallest absolute Gasteiger partial charge is 0.00126 e. The van der Waals surface area contributed by atoms with Gasteiger partial charge in [-0.3, -0.25) is 0 Å². The van der Waals surface area contributed by atoms with Crippen LogP contribution in [0.25, 0.3) is 0 Å². The molecule has 31 heavy (non-hydrogen) atoms. The maximum absolute atomic E-state index is 2.44. The van der Waals surface area contributed by atoms with Crippen molar-refractivity contribution in [2.45, 2.75) is 59.8 Å². The minimum absolute atomic E-state index is 0.949. The quantitative estimate of drug-likeness (QED) is 0.555. The SMILES string of the molecule is CC1C2CN(C)CC12.CC1CCN(C)CC1.CC1CCN(C)CC1.C[C@@H]1CCN(C)C1. The highest BCUT2D eigenvalue weighted by Gasteiger charge is 2.51. The highest BCUT2D eigenvalue weighted by atomic mass is 15.2. The Morgan fingerprint density at radius 3 is 1.00 bits per heavy atom. The van der Waals surface area contributed by atoms with Gasteiger partial charge in [0.25, 0.3) is 0 Å². The molecule has 4 saturated heterocycles. The van der Waals surface area contributed by atoms with Gasteiger partial charge >= 0.3 is 0 Å². The van der Waals surface area contributed by atoms with Crippen LogP contribution in [0.1, 0.15) is 59.8 Å². The maximum atomic E-state index is 2.44. The van der Waals surface area contributed by atoms with Gasteiger partial charge in [0, 0.05) is 19.6 Å². The summed E-state index contributed by atoms with van der Waals surface area (Å²) in [6.45, 7) is 19.9. The lowest BCUT2D eigenvalue weighted by atomic mass is 10.00. The Labute approximate surface area is 195 Å². The van der Waals surface area contributed by atoms with E-state index in [1.807, 2.05) is 0 Å². The van der Waals surface area contributed by atoms with E-state index in [-0.39, 0.29) is 0 Å². The van der Waals surface area contributed by atoms with Crippen molar-refractivity contribution in [1.29, 1.82) is 0 Å². The average molecular weight is 437 g/mol. The molecule has 4 heterocycles. The zero-order chi connectivity index (χ0) is 23.0. The molecule has 0 radical (unpaired) electrons. The van der Waals surface area contributed by atoms with Crippen LogP contribution in [0.15, 0.2) is 0 Å². The summed E-state index contributed by atoms with van der Waals surface area (Å²) < 4.78 is 0. The predicted molar refractivity (Wildman–Crippen MR) is 137 cm³/mol. The molecule has 2 unspecified atom stereocenters. The molecule has 0 amide bonds. The van der Waals surface area contributed by atoms with E-state index in [2.05, 4.69) is 75.5 Å². The fraction of sp³-hybridized carbons (Fsp3) is 1.00. The van der Waals surface area contributed by atoms with Gasteiger partial charge in [-0.15, -0.1) is 0 Å². The molecule has 4 aliphatic heterocycles. The molecule has 5 rings (SSSR count). The average Bonchev–Trinajstić information content (AvgIpc) is 3.04. The summed E-state index contributed by atoms with van der Waals surface area (Å²) in [4.78, 5) is 9.62. The van der Waals surface area contributed by atoms with Crippen LogP contribution >= 0.6 is 0 Å². The van der Waals surface area contributed by atoms with Crippen molar-refractivity contribution in [3.63, 3.8) is 0 Å². The summed E-state index contributed by atoms with van der Waals surface area (Å²) in [5, 5.41) is 0. The van der Waals surface area contributed by atoms with Gasteiger partial charge in [-0.2, -0.15) is 0 Å². The molecule has 0 aromatic carbocycles. The summed E-state index contributed by atoms with van der Waals surface area (Å²) in [5.74, 6) is 6.13. The van der Waals surface area contributed by atoms with Crippen molar-refractivity contribution in [2.24, 2.45) is 35.5 Å². The summed E-state index contributed by atoms with van der Waals surface area (Å²) in [5.41, 5.74) is 0. The first-order valence-corrected chi connectivity index (χ1v) is 13.4. The van der Waals surface area contributed by atoms with Gasteiger partial charge < -0.3 is 19.6 Å². The summed E-state index contributed by atoms with van der Waals surface area (Å²) in [6, 6.07) is 0. The number of hydrogen-bond acceptors (Lipinski definition) is 4. The second kappa shape index (κ2) is 13.5. The van der Waals surface area contributed by atoms with E-state index in [0.717, 1.165) is 35.5 Å². The van der Waals surface area contributed by atoms with E-state index in [9.17, 15) is 0 Å². The number of nitrogens with zero attached hydrogens (tertiary/aromatic N) is 4. The Bertz CT molecular complexity index is 408. The van der Waals surface area contributed by atoms with Crippen LogP contribution in [0.2, 0.25) is 0 Å². The maximum Gasteiger partial charge on any atom is 0.00126 e. The van der Waals surface area contributed by atoms with Gasteiger partial charge in [0.1, 0.15) is 0 Å². The second-order valence-electron chi connectivity index (χ2n) is 12.0. The molecule has 1 aliphatic carbocycles. The largest absolute Gasteiger partial charge is 0.306 e. The molecule has 0 spiro atoms. The summed E-state index contributed by atoms with van der Waals surface area (Å²) >= 11 is 0. The molecule has 0 N–H and O–H groups in total. The van der Waals surface area contributed by atoms with Crippen molar-refractivity contribution < 1.29 is 0 Å². The van der Waals surface area contributed by atoms with Crippen molar-refractivity contribution in [1.82, 2.24) is 19.6 Å². The summed E-state index contributed by atoms with van der Waals surface area (Å²) in [6.07, 6.45) is 7.00. The standard InChI is InChI=1S/C7H13N.2C7H15N.C6H13N/c1-5-6-3-8(2)4-7(5)6;2*1-7-3-5-8(2)6-4-7;1-6-3-4-7(2)5-6/h5-7H,3-4H2,1-2H3;2*7H,3-6H2,1-2H3;6H,3-5H2,1-2H3/t;;;6-/m...1/s1. The van der Waals surface area contributed by atoms with E-state index in [1.54, 1.807) is 0 Å². The van der Waals surface area contributed by atoms with E-state index < -0.39 is 0 Å². The Morgan fingerprint density at radius 1 is 0.419 bits per heavy atom. The molecule has 5 fully saturated rings. The lowest BCUT2D eigenvalue weighted by molar-refractivity contribution is 0.230. The summed E-state index contributed by atoms with van der Waals surface area (Å²) in [7, 11) is 8.81. The Balaban J connectivity index is 0.000000147. The number of fused-ring (bicyclic) bond motifs is 1. The molecule has 4 heteroatoms. The van der Waals surface area contributed by atoms with E-state index >= 15 is 0 Å². The van der Waals surface area contributed by atoms with Crippen LogP contribution in [0.5, 0.6) is 0 Å². The lowest BCUT2D eigenvalue weighted by Crippen LogP contribution is -2.28. The minimum atomic E-state index is 0.949. The van der Waals surface area contributed by atoms with Crippen LogP contribution in [0.3, 0.4) is 0 Å². The zero-order valence-corrected chi connectivity index (χ0v) is 22.4. The highest BCUT2D eigenvalue weighted by Crippen LogP contribution is 2.50. The highest BCUT2D eigenvalue weighted by molar-refractivity contribution is 5.01. The van der Waals surface area contributed by atoms with Crippen molar-refractivity contribution in [3.8, 4) is 0 Å². The Hall–Kier alpha value is -0.160. The Morgan fingerprint density at radius 2 is 0.774 bits per heavy atom. The fourth-order valence-corrected chi connectivity index (χ4v) is 5.47. The first-order chi connectivity index (χ1) is 14.7. The van der Waals surface area contributed by atoms with Crippen LogP contribution in [0, 0.1) is 35.5 Å². The zero-order valence-electron chi connectivity index (χ0n) is 22.4. The van der Waals surface area contributed by atoms with Gasteiger partial charge in [-0.1, -0.05) is 27.7 Å². The molecule has 0 bridgehead atoms. The van der Waals surface area contributed by atoms with Crippen molar-refractivity contribution in [3.05, 3.63) is 0 Å². The molecule has 0 aromatic rings. The first kappa shape index (κ1) is 27.1. The third kappa shape index (κ3) is 10.5. The number of hydrogen-bond donors (Lipinski definition) is 0. The van der Waals surface area contributed by atoms with Gasteiger partial charge in [-0.05, 0) is 129 Å². The monoisotopic (exact) mass is 436 g/mol.